The van der Waals surface area contributed by atoms with Gasteiger partial charge in [-0.2, -0.15) is 0 Å². The normalized spacial score (nSPS) is 11.7. The maximum absolute atomic E-state index is 12.2. The highest BCUT2D eigenvalue weighted by Gasteiger charge is 2.13. The van der Waals surface area contributed by atoms with E-state index in [0.29, 0.717) is 17.3 Å². The van der Waals surface area contributed by atoms with Gasteiger partial charge < -0.3 is 20.1 Å². The Hall–Kier alpha value is -3.35. The van der Waals surface area contributed by atoms with Crippen molar-refractivity contribution in [3.8, 4) is 11.5 Å². The van der Waals surface area contributed by atoms with Crippen LogP contribution in [0, 0.1) is 5.92 Å². The fourth-order valence-electron chi connectivity index (χ4n) is 3.09. The summed E-state index contributed by atoms with van der Waals surface area (Å²) in [5.41, 5.74) is 2.36. The smallest absolute Gasteiger partial charge is 0.227 e. The molecule has 0 aliphatic rings. The SMILES string of the molecule is CCCC(C)C(=O)Nc1ccc(Nc2ncnc3cc(OC)c(OC)cc23)cc1. The van der Waals surface area contributed by atoms with Crippen LogP contribution in [0.3, 0.4) is 0 Å². The first-order chi connectivity index (χ1) is 14.0. The average molecular weight is 394 g/mol. The molecule has 152 valence electrons. The lowest BCUT2D eigenvalue weighted by atomic mass is 10.1. The van der Waals surface area contributed by atoms with E-state index in [1.807, 2.05) is 43.3 Å². The highest BCUT2D eigenvalue weighted by Crippen LogP contribution is 2.34. The van der Waals surface area contributed by atoms with E-state index in [4.69, 9.17) is 9.47 Å². The van der Waals surface area contributed by atoms with Crippen LogP contribution >= 0.6 is 0 Å². The number of hydrogen-bond donors (Lipinski definition) is 2. The van der Waals surface area contributed by atoms with Gasteiger partial charge in [0.15, 0.2) is 11.5 Å². The van der Waals surface area contributed by atoms with Crippen LogP contribution in [0.1, 0.15) is 26.7 Å². The molecule has 1 atom stereocenters. The van der Waals surface area contributed by atoms with Crippen LogP contribution < -0.4 is 20.1 Å². The Balaban J connectivity index is 1.79. The summed E-state index contributed by atoms with van der Waals surface area (Å²) in [6, 6.07) is 11.2. The van der Waals surface area contributed by atoms with E-state index in [1.54, 1.807) is 14.2 Å². The van der Waals surface area contributed by atoms with Crippen LogP contribution in [0.2, 0.25) is 0 Å². The summed E-state index contributed by atoms with van der Waals surface area (Å²) in [7, 11) is 3.18. The first-order valence-electron chi connectivity index (χ1n) is 9.60. The predicted octanol–water partition coefficient (Wildman–Crippen LogP) is 4.77. The first kappa shape index (κ1) is 20.4. The number of hydrogen-bond acceptors (Lipinski definition) is 6. The molecule has 0 spiro atoms. The third kappa shape index (κ3) is 4.74. The van der Waals surface area contributed by atoms with Crippen molar-refractivity contribution in [2.45, 2.75) is 26.7 Å². The topological polar surface area (TPSA) is 85.4 Å². The summed E-state index contributed by atoms with van der Waals surface area (Å²) in [5, 5.41) is 7.07. The van der Waals surface area contributed by atoms with Gasteiger partial charge in [0.25, 0.3) is 0 Å². The molecule has 0 radical (unpaired) electrons. The van der Waals surface area contributed by atoms with Gasteiger partial charge in [-0.3, -0.25) is 4.79 Å². The molecule has 0 fully saturated rings. The largest absolute Gasteiger partial charge is 0.493 e. The number of fused-ring (bicyclic) bond motifs is 1. The number of rotatable bonds is 8. The van der Waals surface area contributed by atoms with E-state index in [1.165, 1.54) is 6.33 Å². The predicted molar refractivity (Wildman–Crippen MR) is 115 cm³/mol. The van der Waals surface area contributed by atoms with Crippen molar-refractivity contribution in [1.82, 2.24) is 9.97 Å². The van der Waals surface area contributed by atoms with Gasteiger partial charge in [-0.1, -0.05) is 20.3 Å². The Kier molecular flexibility index (Phi) is 6.49. The lowest BCUT2D eigenvalue weighted by Crippen LogP contribution is -2.20. The van der Waals surface area contributed by atoms with Crippen molar-refractivity contribution in [1.29, 1.82) is 0 Å². The van der Waals surface area contributed by atoms with Gasteiger partial charge in [0.1, 0.15) is 12.1 Å². The highest BCUT2D eigenvalue weighted by atomic mass is 16.5. The lowest BCUT2D eigenvalue weighted by molar-refractivity contribution is -0.119. The minimum absolute atomic E-state index is 0.00263. The molecule has 0 aliphatic carbocycles. The summed E-state index contributed by atoms with van der Waals surface area (Å²) in [4.78, 5) is 20.8. The van der Waals surface area contributed by atoms with E-state index >= 15 is 0 Å². The van der Waals surface area contributed by atoms with Crippen molar-refractivity contribution in [2.75, 3.05) is 24.9 Å². The average Bonchev–Trinajstić information content (AvgIpc) is 2.74. The van der Waals surface area contributed by atoms with Crippen LogP contribution in [0.15, 0.2) is 42.7 Å². The second kappa shape index (κ2) is 9.23. The number of benzene rings is 2. The summed E-state index contributed by atoms with van der Waals surface area (Å²) in [6.07, 6.45) is 3.36. The third-order valence-corrected chi connectivity index (χ3v) is 4.73. The number of nitrogens with zero attached hydrogens (tertiary/aromatic N) is 2. The standard InChI is InChI=1S/C22H26N4O3/c1-5-6-14(2)22(27)26-16-9-7-15(8-10-16)25-21-17-11-19(28-3)20(29-4)12-18(17)23-13-24-21/h7-14H,5-6H2,1-4H3,(H,26,27)(H,23,24,25). The molecule has 1 heterocycles. The van der Waals surface area contributed by atoms with Gasteiger partial charge in [-0.15, -0.1) is 0 Å². The molecule has 3 aromatic rings. The second-order valence-corrected chi connectivity index (χ2v) is 6.83. The zero-order chi connectivity index (χ0) is 20.8. The monoisotopic (exact) mass is 394 g/mol. The van der Waals surface area contributed by atoms with Crippen molar-refractivity contribution < 1.29 is 14.3 Å². The van der Waals surface area contributed by atoms with Gasteiger partial charge in [0, 0.05) is 28.7 Å². The fraction of sp³-hybridized carbons (Fsp3) is 0.318. The van der Waals surface area contributed by atoms with Gasteiger partial charge >= 0.3 is 0 Å². The number of anilines is 3. The highest BCUT2D eigenvalue weighted by molar-refractivity contribution is 5.94. The van der Waals surface area contributed by atoms with Crippen LogP contribution in [0.5, 0.6) is 11.5 Å². The molecule has 3 rings (SSSR count). The van der Waals surface area contributed by atoms with Crippen LogP contribution in [0.25, 0.3) is 10.9 Å². The number of aromatic nitrogens is 2. The molecule has 0 bridgehead atoms. The molecule has 0 aliphatic heterocycles. The molecule has 1 amide bonds. The molecule has 2 aromatic carbocycles. The fourth-order valence-corrected chi connectivity index (χ4v) is 3.09. The van der Waals surface area contributed by atoms with Gasteiger partial charge in [0.05, 0.1) is 19.7 Å². The molecule has 29 heavy (non-hydrogen) atoms. The Morgan fingerprint density at radius 3 is 2.34 bits per heavy atom. The molecule has 1 unspecified atom stereocenters. The summed E-state index contributed by atoms with van der Waals surface area (Å²) in [5.74, 6) is 1.91. The number of ether oxygens (including phenoxy) is 2. The number of amides is 1. The van der Waals surface area contributed by atoms with Gasteiger partial charge in [-0.25, -0.2) is 9.97 Å². The summed E-state index contributed by atoms with van der Waals surface area (Å²) < 4.78 is 10.7. The van der Waals surface area contributed by atoms with Crippen molar-refractivity contribution in [3.63, 3.8) is 0 Å². The lowest BCUT2D eigenvalue weighted by Gasteiger charge is -2.13. The quantitative estimate of drug-likeness (QED) is 0.573. The summed E-state index contributed by atoms with van der Waals surface area (Å²) in [6.45, 7) is 4.02. The minimum Gasteiger partial charge on any atom is -0.493 e. The Labute approximate surface area is 170 Å². The van der Waals surface area contributed by atoms with E-state index in [9.17, 15) is 4.79 Å². The van der Waals surface area contributed by atoms with Crippen LogP contribution in [0.4, 0.5) is 17.2 Å². The molecule has 0 saturated carbocycles. The Bertz CT molecular complexity index is 989. The molecule has 7 heteroatoms. The molecule has 2 N–H and O–H groups in total. The molecular weight excluding hydrogens is 368 g/mol. The number of nitrogens with one attached hydrogen (secondary N) is 2. The molecular formula is C22H26N4O3. The first-order valence-corrected chi connectivity index (χ1v) is 9.60. The third-order valence-electron chi connectivity index (χ3n) is 4.73. The number of methoxy groups -OCH3 is 2. The Morgan fingerprint density at radius 1 is 1.03 bits per heavy atom. The van der Waals surface area contributed by atoms with Crippen LogP contribution in [-0.4, -0.2) is 30.1 Å². The maximum atomic E-state index is 12.2. The van der Waals surface area contributed by atoms with Gasteiger partial charge in [-0.05, 0) is 36.8 Å². The zero-order valence-electron chi connectivity index (χ0n) is 17.2. The van der Waals surface area contributed by atoms with E-state index in [-0.39, 0.29) is 11.8 Å². The van der Waals surface area contributed by atoms with Crippen molar-refractivity contribution in [3.05, 3.63) is 42.7 Å². The Morgan fingerprint density at radius 2 is 1.69 bits per heavy atom. The maximum Gasteiger partial charge on any atom is 0.227 e. The van der Waals surface area contributed by atoms with E-state index in [2.05, 4.69) is 27.5 Å². The second-order valence-electron chi connectivity index (χ2n) is 6.83. The van der Waals surface area contributed by atoms with Crippen molar-refractivity contribution in [2.24, 2.45) is 5.92 Å². The molecule has 1 aromatic heterocycles. The molecule has 0 saturated heterocycles. The van der Waals surface area contributed by atoms with E-state index < -0.39 is 0 Å². The molecule has 7 nitrogen and oxygen atoms in total. The van der Waals surface area contributed by atoms with Crippen LogP contribution in [-0.2, 0) is 4.79 Å². The number of carbonyl (C=O) groups is 1. The number of carbonyl (C=O) groups excluding carboxylic acids is 1. The minimum atomic E-state index is -0.00263. The zero-order valence-corrected chi connectivity index (χ0v) is 17.2. The van der Waals surface area contributed by atoms with E-state index in [0.717, 1.165) is 35.1 Å². The summed E-state index contributed by atoms with van der Waals surface area (Å²) >= 11 is 0. The van der Waals surface area contributed by atoms with Gasteiger partial charge in [0.2, 0.25) is 5.91 Å². The van der Waals surface area contributed by atoms with Crippen molar-refractivity contribution >= 4 is 34.0 Å².